The quantitative estimate of drug-likeness (QED) is 0.463. The summed E-state index contributed by atoms with van der Waals surface area (Å²) in [5.41, 5.74) is 4.90. The Kier molecular flexibility index (Phi) is 7.37. The first-order valence-electron chi connectivity index (χ1n) is 8.31. The van der Waals surface area contributed by atoms with Gasteiger partial charge in [-0.15, -0.1) is 0 Å². The van der Waals surface area contributed by atoms with Crippen molar-refractivity contribution in [1.29, 1.82) is 0 Å². The highest BCUT2D eigenvalue weighted by atomic mass is 32.1. The number of unbranched alkanes of at least 4 members (excludes halogenated alkanes) is 1. The molecule has 0 aromatic heterocycles. The van der Waals surface area contributed by atoms with Crippen LogP contribution in [0, 0.1) is 0 Å². The zero-order valence-corrected chi connectivity index (χ0v) is 14.7. The van der Waals surface area contributed by atoms with Crippen LogP contribution in [0.25, 0.3) is 0 Å². The van der Waals surface area contributed by atoms with Crippen LogP contribution in [0.5, 0.6) is 0 Å². The first-order chi connectivity index (χ1) is 11.3. The number of para-hydroxylation sites is 1. The zero-order valence-electron chi connectivity index (χ0n) is 13.8. The number of hydrogen-bond acceptors (Lipinski definition) is 3. The second kappa shape index (κ2) is 9.53. The van der Waals surface area contributed by atoms with E-state index in [0.717, 1.165) is 24.9 Å². The van der Waals surface area contributed by atoms with E-state index in [1.165, 1.54) is 29.5 Å². The average Bonchev–Trinajstić information content (AvgIpc) is 2.61. The molecular formula is C20H26N2S. The van der Waals surface area contributed by atoms with Crippen molar-refractivity contribution in [2.45, 2.75) is 45.1 Å². The first-order valence-corrected chi connectivity index (χ1v) is 8.76. The molecule has 1 N–H and O–H groups in total. The minimum Gasteiger partial charge on any atom is -0.264 e. The fourth-order valence-electron chi connectivity index (χ4n) is 2.79. The van der Waals surface area contributed by atoms with Gasteiger partial charge in [0.25, 0.3) is 0 Å². The number of aryl methyl sites for hydroxylation is 2. The van der Waals surface area contributed by atoms with Gasteiger partial charge < -0.3 is 0 Å². The van der Waals surface area contributed by atoms with Gasteiger partial charge in [-0.05, 0) is 48.7 Å². The van der Waals surface area contributed by atoms with Gasteiger partial charge in [-0.2, -0.15) is 0 Å². The molecule has 0 saturated heterocycles. The molecular weight excluding hydrogens is 300 g/mol. The SMILES string of the molecule is C=Nc1ccccc1CCc1ccc(C(CCCC)NS)cc1. The molecule has 2 rings (SSSR count). The monoisotopic (exact) mass is 326 g/mol. The number of nitrogens with zero attached hydrogens (tertiary/aromatic N) is 1. The summed E-state index contributed by atoms with van der Waals surface area (Å²) in [6.45, 7) is 5.86. The summed E-state index contributed by atoms with van der Waals surface area (Å²) < 4.78 is 3.12. The van der Waals surface area contributed by atoms with Crippen molar-refractivity contribution in [3.05, 3.63) is 65.2 Å². The minimum absolute atomic E-state index is 0.332. The summed E-state index contributed by atoms with van der Waals surface area (Å²) >= 11 is 4.27. The predicted molar refractivity (Wildman–Crippen MR) is 104 cm³/mol. The van der Waals surface area contributed by atoms with Crippen molar-refractivity contribution in [3.63, 3.8) is 0 Å². The van der Waals surface area contributed by atoms with Crippen molar-refractivity contribution in [3.8, 4) is 0 Å². The topological polar surface area (TPSA) is 24.4 Å². The summed E-state index contributed by atoms with van der Waals surface area (Å²) in [7, 11) is 0. The fourth-order valence-corrected chi connectivity index (χ4v) is 3.06. The van der Waals surface area contributed by atoms with Crippen LogP contribution in [-0.4, -0.2) is 6.72 Å². The number of hydrogen-bond donors (Lipinski definition) is 2. The molecule has 23 heavy (non-hydrogen) atoms. The van der Waals surface area contributed by atoms with Crippen molar-refractivity contribution in [2.24, 2.45) is 4.99 Å². The normalized spacial score (nSPS) is 12.1. The lowest BCUT2D eigenvalue weighted by Gasteiger charge is -2.16. The van der Waals surface area contributed by atoms with E-state index in [9.17, 15) is 0 Å². The molecule has 0 aliphatic rings. The number of thiol groups is 1. The van der Waals surface area contributed by atoms with E-state index < -0.39 is 0 Å². The molecule has 0 aliphatic carbocycles. The second-order valence-corrected chi connectivity index (χ2v) is 6.11. The van der Waals surface area contributed by atoms with Gasteiger partial charge in [-0.25, -0.2) is 0 Å². The smallest absolute Gasteiger partial charge is 0.0654 e. The molecule has 0 fully saturated rings. The van der Waals surface area contributed by atoms with E-state index in [-0.39, 0.29) is 0 Å². The third-order valence-corrected chi connectivity index (χ3v) is 4.54. The molecule has 0 saturated carbocycles. The van der Waals surface area contributed by atoms with Crippen LogP contribution in [0.1, 0.15) is 48.9 Å². The summed E-state index contributed by atoms with van der Waals surface area (Å²) in [5.74, 6) is 0. The molecule has 2 aromatic carbocycles. The van der Waals surface area contributed by atoms with E-state index in [0.29, 0.717) is 6.04 Å². The Morgan fingerprint density at radius 3 is 2.48 bits per heavy atom. The lowest BCUT2D eigenvalue weighted by Crippen LogP contribution is -2.11. The minimum atomic E-state index is 0.332. The van der Waals surface area contributed by atoms with Crippen LogP contribution in [0.3, 0.4) is 0 Å². The molecule has 0 radical (unpaired) electrons. The van der Waals surface area contributed by atoms with Crippen molar-refractivity contribution in [1.82, 2.24) is 4.72 Å². The van der Waals surface area contributed by atoms with Crippen molar-refractivity contribution < 1.29 is 0 Å². The standard InChI is InChI=1S/C20H26N2S/c1-3-4-8-20(22-23)18-14-11-16(12-15-18)10-13-17-7-5-6-9-19(17)21-2/h5-7,9,11-12,14-15,20,22-23H,2-4,8,10,13H2,1H3. The van der Waals surface area contributed by atoms with Gasteiger partial charge in [-0.3, -0.25) is 9.71 Å². The maximum Gasteiger partial charge on any atom is 0.0654 e. The maximum absolute atomic E-state index is 4.27. The van der Waals surface area contributed by atoms with E-state index in [1.807, 2.05) is 12.1 Å². The fraction of sp³-hybridized carbons (Fsp3) is 0.350. The Hall–Kier alpha value is -1.58. The molecule has 1 unspecified atom stereocenters. The Bertz CT molecular complexity index is 607. The van der Waals surface area contributed by atoms with Gasteiger partial charge in [0.1, 0.15) is 0 Å². The number of aliphatic imine (C=N–C) groups is 1. The molecule has 0 bridgehead atoms. The molecule has 2 nitrogen and oxygen atoms in total. The summed E-state index contributed by atoms with van der Waals surface area (Å²) in [6, 6.07) is 17.4. The third kappa shape index (κ3) is 5.22. The number of nitrogens with one attached hydrogen (secondary N) is 1. The molecule has 0 amide bonds. The Morgan fingerprint density at radius 2 is 1.83 bits per heavy atom. The van der Waals surface area contributed by atoms with Crippen LogP contribution in [0.4, 0.5) is 5.69 Å². The predicted octanol–water partition coefficient (Wildman–Crippen LogP) is 5.47. The molecule has 122 valence electrons. The molecule has 3 heteroatoms. The highest BCUT2D eigenvalue weighted by Gasteiger charge is 2.09. The number of benzene rings is 2. The van der Waals surface area contributed by atoms with Gasteiger partial charge in [-0.1, -0.05) is 75.0 Å². The van der Waals surface area contributed by atoms with E-state index >= 15 is 0 Å². The highest BCUT2D eigenvalue weighted by molar-refractivity contribution is 7.78. The van der Waals surface area contributed by atoms with Gasteiger partial charge in [0, 0.05) is 6.04 Å². The summed E-state index contributed by atoms with van der Waals surface area (Å²) in [5, 5.41) is 0. The lowest BCUT2D eigenvalue weighted by molar-refractivity contribution is 0.576. The van der Waals surface area contributed by atoms with Gasteiger partial charge in [0.2, 0.25) is 0 Å². The number of rotatable bonds is 9. The first kappa shape index (κ1) is 17.8. The average molecular weight is 327 g/mol. The summed E-state index contributed by atoms with van der Waals surface area (Å²) in [6.07, 6.45) is 5.54. The molecule has 0 spiro atoms. The van der Waals surface area contributed by atoms with E-state index in [2.05, 4.69) is 72.6 Å². The van der Waals surface area contributed by atoms with Crippen molar-refractivity contribution >= 4 is 25.2 Å². The largest absolute Gasteiger partial charge is 0.264 e. The Balaban J connectivity index is 1.98. The van der Waals surface area contributed by atoms with Crippen LogP contribution >= 0.6 is 12.8 Å². The van der Waals surface area contributed by atoms with E-state index in [4.69, 9.17) is 0 Å². The lowest BCUT2D eigenvalue weighted by atomic mass is 9.98. The van der Waals surface area contributed by atoms with Crippen LogP contribution < -0.4 is 4.72 Å². The molecule has 0 aliphatic heterocycles. The highest BCUT2D eigenvalue weighted by Crippen LogP contribution is 2.22. The van der Waals surface area contributed by atoms with Crippen LogP contribution in [-0.2, 0) is 12.8 Å². The second-order valence-electron chi connectivity index (χ2n) is 5.85. The van der Waals surface area contributed by atoms with Crippen LogP contribution in [0.15, 0.2) is 53.5 Å². The summed E-state index contributed by atoms with van der Waals surface area (Å²) in [4.78, 5) is 4.09. The van der Waals surface area contributed by atoms with Gasteiger partial charge in [0.05, 0.1) is 5.69 Å². The maximum atomic E-state index is 4.27. The zero-order chi connectivity index (χ0) is 16.5. The van der Waals surface area contributed by atoms with Crippen molar-refractivity contribution in [2.75, 3.05) is 0 Å². The Labute approximate surface area is 145 Å². The van der Waals surface area contributed by atoms with Crippen LogP contribution in [0.2, 0.25) is 0 Å². The molecule has 1 atom stereocenters. The van der Waals surface area contributed by atoms with Gasteiger partial charge in [0.15, 0.2) is 0 Å². The third-order valence-electron chi connectivity index (χ3n) is 4.23. The molecule has 2 aromatic rings. The van der Waals surface area contributed by atoms with E-state index in [1.54, 1.807) is 0 Å². The Morgan fingerprint density at radius 1 is 1.09 bits per heavy atom. The van der Waals surface area contributed by atoms with Gasteiger partial charge >= 0.3 is 0 Å². The molecule has 0 heterocycles.